The third kappa shape index (κ3) is 3.66. The Morgan fingerprint density at radius 2 is 1.97 bits per heavy atom. The normalized spacial score (nSPS) is 11.1. The molecular formula is C21H19N9O. The molecule has 0 atom stereocenters. The van der Waals surface area contributed by atoms with Crippen LogP contribution in [0.2, 0.25) is 0 Å². The van der Waals surface area contributed by atoms with Crippen LogP contribution < -0.4 is 11.1 Å². The van der Waals surface area contributed by atoms with Crippen molar-refractivity contribution in [2.45, 2.75) is 20.0 Å². The van der Waals surface area contributed by atoms with Crippen LogP contribution in [0.15, 0.2) is 59.9 Å². The first kappa shape index (κ1) is 18.7. The summed E-state index contributed by atoms with van der Waals surface area (Å²) in [5, 5.41) is 3.37. The van der Waals surface area contributed by atoms with Gasteiger partial charge in [0.2, 0.25) is 5.89 Å². The van der Waals surface area contributed by atoms with Crippen LogP contribution in [0.1, 0.15) is 12.5 Å². The summed E-state index contributed by atoms with van der Waals surface area (Å²) in [6, 6.07) is 7.42. The molecule has 154 valence electrons. The molecule has 0 bridgehead atoms. The fraction of sp³-hybridized carbons (Fsp3) is 0.143. The summed E-state index contributed by atoms with van der Waals surface area (Å²) in [7, 11) is 0. The minimum Gasteiger partial charge on any atom is -0.443 e. The Hall–Kier alpha value is -4.34. The van der Waals surface area contributed by atoms with Crippen LogP contribution in [0.25, 0.3) is 34.1 Å². The number of fused-ring (bicyclic) bond motifs is 1. The summed E-state index contributed by atoms with van der Waals surface area (Å²) in [5.41, 5.74) is 9.61. The van der Waals surface area contributed by atoms with Crippen LogP contribution in [0, 0.1) is 0 Å². The maximum Gasteiger partial charge on any atom is 0.244 e. The van der Waals surface area contributed by atoms with E-state index in [9.17, 15) is 0 Å². The van der Waals surface area contributed by atoms with Gasteiger partial charge in [0, 0.05) is 31.0 Å². The number of anilines is 2. The second-order valence-electron chi connectivity index (χ2n) is 6.81. The number of nitrogen functional groups attached to an aromatic ring is 1. The Bertz CT molecular complexity index is 1310. The third-order valence-corrected chi connectivity index (χ3v) is 4.79. The summed E-state index contributed by atoms with van der Waals surface area (Å²) in [6.07, 6.45) is 8.33. The average Bonchev–Trinajstić information content (AvgIpc) is 3.48. The molecule has 0 aliphatic heterocycles. The molecule has 0 unspecified atom stereocenters. The Morgan fingerprint density at radius 3 is 2.68 bits per heavy atom. The van der Waals surface area contributed by atoms with Crippen molar-refractivity contribution in [2.75, 3.05) is 11.1 Å². The first-order valence-corrected chi connectivity index (χ1v) is 9.74. The Kier molecular flexibility index (Phi) is 4.71. The first-order valence-electron chi connectivity index (χ1n) is 9.74. The van der Waals surface area contributed by atoms with Gasteiger partial charge in [-0.2, -0.15) is 0 Å². The molecule has 0 aromatic carbocycles. The zero-order valence-electron chi connectivity index (χ0n) is 16.7. The monoisotopic (exact) mass is 413 g/mol. The van der Waals surface area contributed by atoms with Crippen LogP contribution in [-0.2, 0) is 13.1 Å². The number of nitrogens with one attached hydrogen (secondary N) is 1. The lowest BCUT2D eigenvalue weighted by Crippen LogP contribution is -2.06. The van der Waals surface area contributed by atoms with Gasteiger partial charge in [-0.3, -0.25) is 4.98 Å². The molecule has 5 aromatic rings. The van der Waals surface area contributed by atoms with E-state index < -0.39 is 0 Å². The molecule has 0 amide bonds. The number of nitrogens with two attached hydrogens (primary N) is 1. The van der Waals surface area contributed by atoms with Gasteiger partial charge in [-0.05, 0) is 30.7 Å². The minimum absolute atomic E-state index is 0.447. The van der Waals surface area contributed by atoms with Crippen molar-refractivity contribution in [1.29, 1.82) is 0 Å². The zero-order chi connectivity index (χ0) is 21.2. The van der Waals surface area contributed by atoms with Crippen molar-refractivity contribution in [3.05, 3.63) is 61.0 Å². The molecule has 0 radical (unpaired) electrons. The second-order valence-corrected chi connectivity index (χ2v) is 6.81. The molecule has 5 rings (SSSR count). The topological polar surface area (TPSA) is 133 Å². The van der Waals surface area contributed by atoms with Crippen LogP contribution in [0.3, 0.4) is 0 Å². The maximum absolute atomic E-state index is 5.71. The maximum atomic E-state index is 5.71. The quantitative estimate of drug-likeness (QED) is 0.430. The summed E-state index contributed by atoms with van der Waals surface area (Å²) < 4.78 is 7.26. The number of hydrogen-bond donors (Lipinski definition) is 2. The number of hydrogen-bond acceptors (Lipinski definition) is 9. The summed E-state index contributed by atoms with van der Waals surface area (Å²) in [4.78, 5) is 26.6. The highest BCUT2D eigenvalue weighted by Gasteiger charge is 2.14. The molecule has 5 aromatic heterocycles. The number of rotatable bonds is 6. The fourth-order valence-electron chi connectivity index (χ4n) is 3.16. The van der Waals surface area contributed by atoms with Gasteiger partial charge < -0.3 is 20.0 Å². The van der Waals surface area contributed by atoms with Gasteiger partial charge in [0.25, 0.3) is 0 Å². The van der Waals surface area contributed by atoms with E-state index in [1.54, 1.807) is 31.0 Å². The molecular weight excluding hydrogens is 394 g/mol. The van der Waals surface area contributed by atoms with E-state index in [-0.39, 0.29) is 0 Å². The van der Waals surface area contributed by atoms with Crippen LogP contribution in [0.4, 0.5) is 11.6 Å². The number of oxazole rings is 1. The molecule has 0 saturated carbocycles. The summed E-state index contributed by atoms with van der Waals surface area (Å²) in [5.74, 6) is 2.13. The summed E-state index contributed by atoms with van der Waals surface area (Å²) >= 11 is 0. The van der Waals surface area contributed by atoms with E-state index in [1.807, 2.05) is 29.7 Å². The van der Waals surface area contributed by atoms with Gasteiger partial charge >= 0.3 is 0 Å². The van der Waals surface area contributed by atoms with Crippen LogP contribution in [0.5, 0.6) is 0 Å². The molecule has 3 N–H and O–H groups in total. The molecule has 10 nitrogen and oxygen atoms in total. The number of aryl methyl sites for hydroxylation is 1. The highest BCUT2D eigenvalue weighted by atomic mass is 16.3. The third-order valence-electron chi connectivity index (χ3n) is 4.79. The predicted molar refractivity (Wildman–Crippen MR) is 116 cm³/mol. The Balaban J connectivity index is 1.45. The van der Waals surface area contributed by atoms with Crippen molar-refractivity contribution >= 4 is 22.8 Å². The van der Waals surface area contributed by atoms with E-state index in [0.717, 1.165) is 23.3 Å². The number of nitrogens with zero attached hydrogens (tertiary/aromatic N) is 7. The fourth-order valence-corrected chi connectivity index (χ4v) is 3.16. The standard InChI is InChI=1S/C21H19N9O/c1-2-30-12-27-17-19(28-18(29-20(17)30)14-4-6-16(22)25-11-14)26-10-13-3-5-15(24-9-13)21-23-7-8-31-21/h3-9,11-12H,2,10H2,1H3,(H2,22,25)(H,26,28,29). The van der Waals surface area contributed by atoms with E-state index >= 15 is 0 Å². The zero-order valence-corrected chi connectivity index (χ0v) is 16.7. The average molecular weight is 413 g/mol. The predicted octanol–water partition coefficient (Wildman–Crippen LogP) is 3.15. The highest BCUT2D eigenvalue weighted by molar-refractivity contribution is 5.85. The van der Waals surface area contributed by atoms with Crippen molar-refractivity contribution in [2.24, 2.45) is 0 Å². The molecule has 31 heavy (non-hydrogen) atoms. The molecule has 5 heterocycles. The van der Waals surface area contributed by atoms with Crippen molar-refractivity contribution in [1.82, 2.24) is 34.5 Å². The molecule has 0 spiro atoms. The van der Waals surface area contributed by atoms with Gasteiger partial charge in [0.15, 0.2) is 17.3 Å². The Morgan fingerprint density at radius 1 is 1.03 bits per heavy atom. The highest BCUT2D eigenvalue weighted by Crippen LogP contribution is 2.25. The lowest BCUT2D eigenvalue weighted by atomic mass is 10.2. The summed E-state index contributed by atoms with van der Waals surface area (Å²) in [6.45, 7) is 3.31. The second kappa shape index (κ2) is 7.82. The lowest BCUT2D eigenvalue weighted by Gasteiger charge is -2.09. The van der Waals surface area contributed by atoms with Gasteiger partial charge in [0.05, 0.1) is 12.5 Å². The van der Waals surface area contributed by atoms with E-state index in [1.165, 1.54) is 6.26 Å². The minimum atomic E-state index is 0.447. The lowest BCUT2D eigenvalue weighted by molar-refractivity contribution is 0.572. The SMILES string of the molecule is CCn1cnc2c(NCc3ccc(-c4ncco4)nc3)nc(-c3ccc(N)nc3)nc21. The van der Waals surface area contributed by atoms with E-state index in [4.69, 9.17) is 20.1 Å². The van der Waals surface area contributed by atoms with E-state index in [2.05, 4.69) is 25.3 Å². The molecule has 0 fully saturated rings. The number of aromatic nitrogens is 7. The van der Waals surface area contributed by atoms with E-state index in [0.29, 0.717) is 41.1 Å². The van der Waals surface area contributed by atoms with Crippen LogP contribution in [-0.4, -0.2) is 34.5 Å². The van der Waals surface area contributed by atoms with Crippen molar-refractivity contribution in [3.8, 4) is 23.0 Å². The number of pyridine rings is 2. The smallest absolute Gasteiger partial charge is 0.244 e. The van der Waals surface area contributed by atoms with Gasteiger partial charge in [-0.15, -0.1) is 0 Å². The first-order chi connectivity index (χ1) is 15.2. The van der Waals surface area contributed by atoms with Gasteiger partial charge in [0.1, 0.15) is 23.3 Å². The molecule has 0 aliphatic carbocycles. The van der Waals surface area contributed by atoms with Crippen molar-refractivity contribution in [3.63, 3.8) is 0 Å². The van der Waals surface area contributed by atoms with Crippen molar-refractivity contribution < 1.29 is 4.42 Å². The molecule has 10 heteroatoms. The Labute approximate surface area is 177 Å². The van der Waals surface area contributed by atoms with Gasteiger partial charge in [-0.1, -0.05) is 6.07 Å². The molecule has 0 aliphatic rings. The largest absolute Gasteiger partial charge is 0.443 e. The van der Waals surface area contributed by atoms with Gasteiger partial charge in [-0.25, -0.2) is 24.9 Å². The van der Waals surface area contributed by atoms with Crippen LogP contribution >= 0.6 is 0 Å². The number of imidazole rings is 1. The molecule has 0 saturated heterocycles.